The van der Waals surface area contributed by atoms with Crippen molar-refractivity contribution in [1.29, 1.82) is 5.26 Å². The van der Waals surface area contributed by atoms with Gasteiger partial charge in [0, 0.05) is 16.5 Å². The summed E-state index contributed by atoms with van der Waals surface area (Å²) >= 11 is 0. The maximum atomic E-state index is 12.1. The Labute approximate surface area is 173 Å². The van der Waals surface area contributed by atoms with Gasteiger partial charge in [-0.25, -0.2) is 5.43 Å². The summed E-state index contributed by atoms with van der Waals surface area (Å²) in [6.45, 7) is -0.241. The molecule has 0 spiro atoms. The molecule has 1 heterocycles. The lowest BCUT2D eigenvalue weighted by atomic mass is 10.1. The molecule has 30 heavy (non-hydrogen) atoms. The van der Waals surface area contributed by atoms with E-state index in [9.17, 15) is 4.79 Å². The van der Waals surface area contributed by atoms with Crippen molar-refractivity contribution in [2.24, 2.45) is 5.10 Å². The first-order valence-corrected chi connectivity index (χ1v) is 9.36. The standard InChI is InChI=1S/C24H18N4O2/c25-14-18-10-4-7-13-22(18)30-16-23(29)28-26-15-20-19-11-5-6-12-21(19)27-24(20)17-8-2-1-3-9-17/h1-13,15,27H,16H2,(H,28,29)/b26-15+. The summed E-state index contributed by atoms with van der Waals surface area (Å²) in [4.78, 5) is 15.5. The Balaban J connectivity index is 1.50. The molecule has 3 aromatic carbocycles. The van der Waals surface area contributed by atoms with Crippen LogP contribution in [-0.4, -0.2) is 23.7 Å². The number of fused-ring (bicyclic) bond motifs is 1. The maximum absolute atomic E-state index is 12.1. The molecule has 4 aromatic rings. The van der Waals surface area contributed by atoms with Crippen LogP contribution in [0.1, 0.15) is 11.1 Å². The minimum Gasteiger partial charge on any atom is -0.482 e. The number of hydrazone groups is 1. The molecule has 1 amide bonds. The van der Waals surface area contributed by atoms with Crippen molar-refractivity contribution < 1.29 is 9.53 Å². The third kappa shape index (κ3) is 4.05. The molecular weight excluding hydrogens is 376 g/mol. The van der Waals surface area contributed by atoms with Gasteiger partial charge in [0.1, 0.15) is 11.8 Å². The Morgan fingerprint density at radius 1 is 1.03 bits per heavy atom. The predicted molar refractivity (Wildman–Crippen MR) is 116 cm³/mol. The van der Waals surface area contributed by atoms with Crippen LogP contribution < -0.4 is 10.2 Å². The van der Waals surface area contributed by atoms with E-state index in [4.69, 9.17) is 10.00 Å². The van der Waals surface area contributed by atoms with Crippen molar-refractivity contribution in [3.05, 3.63) is 90.0 Å². The second kappa shape index (κ2) is 8.76. The lowest BCUT2D eigenvalue weighted by molar-refractivity contribution is -0.123. The molecule has 0 aliphatic heterocycles. The quantitative estimate of drug-likeness (QED) is 0.379. The van der Waals surface area contributed by atoms with Gasteiger partial charge in [-0.3, -0.25) is 4.79 Å². The molecule has 0 aliphatic carbocycles. The molecule has 6 heteroatoms. The number of H-pyrrole nitrogens is 1. The highest BCUT2D eigenvalue weighted by atomic mass is 16.5. The van der Waals surface area contributed by atoms with Crippen molar-refractivity contribution in [3.8, 4) is 23.1 Å². The van der Waals surface area contributed by atoms with Gasteiger partial charge in [0.05, 0.1) is 17.5 Å². The molecule has 0 atom stereocenters. The first-order valence-electron chi connectivity index (χ1n) is 9.36. The number of para-hydroxylation sites is 2. The van der Waals surface area contributed by atoms with E-state index < -0.39 is 5.91 Å². The summed E-state index contributed by atoms with van der Waals surface area (Å²) in [7, 11) is 0. The van der Waals surface area contributed by atoms with Crippen LogP contribution in [0.25, 0.3) is 22.2 Å². The van der Waals surface area contributed by atoms with Crippen LogP contribution in [0.5, 0.6) is 5.75 Å². The third-order valence-electron chi connectivity index (χ3n) is 4.56. The van der Waals surface area contributed by atoms with Gasteiger partial charge in [0.2, 0.25) is 0 Å². The van der Waals surface area contributed by atoms with Gasteiger partial charge in [-0.1, -0.05) is 60.7 Å². The van der Waals surface area contributed by atoms with Gasteiger partial charge < -0.3 is 9.72 Å². The number of hydrogen-bond donors (Lipinski definition) is 2. The summed E-state index contributed by atoms with van der Waals surface area (Å²) in [5, 5.41) is 14.2. The van der Waals surface area contributed by atoms with Crippen molar-refractivity contribution in [2.45, 2.75) is 0 Å². The lowest BCUT2D eigenvalue weighted by Gasteiger charge is -2.06. The fourth-order valence-corrected chi connectivity index (χ4v) is 3.16. The zero-order chi connectivity index (χ0) is 20.8. The topological polar surface area (TPSA) is 90.3 Å². The molecule has 6 nitrogen and oxygen atoms in total. The van der Waals surface area contributed by atoms with Crippen LogP contribution in [0.15, 0.2) is 84.0 Å². The van der Waals surface area contributed by atoms with Crippen LogP contribution in [0, 0.1) is 11.3 Å². The Bertz CT molecular complexity index is 1250. The zero-order valence-corrected chi connectivity index (χ0v) is 16.0. The van der Waals surface area contributed by atoms with Crippen molar-refractivity contribution in [1.82, 2.24) is 10.4 Å². The van der Waals surface area contributed by atoms with Crippen LogP contribution in [0.3, 0.4) is 0 Å². The van der Waals surface area contributed by atoms with Crippen LogP contribution in [0.4, 0.5) is 0 Å². The highest BCUT2D eigenvalue weighted by molar-refractivity contribution is 6.06. The average molecular weight is 394 g/mol. The number of rotatable bonds is 6. The molecular formula is C24H18N4O2. The highest BCUT2D eigenvalue weighted by Crippen LogP contribution is 2.28. The average Bonchev–Trinajstić information content (AvgIpc) is 3.17. The smallest absolute Gasteiger partial charge is 0.277 e. The SMILES string of the molecule is N#Cc1ccccc1OCC(=O)N/N=C/c1c(-c2ccccc2)[nH]c2ccccc12. The zero-order valence-electron chi connectivity index (χ0n) is 16.0. The van der Waals surface area contributed by atoms with Gasteiger partial charge in [-0.15, -0.1) is 0 Å². The fourth-order valence-electron chi connectivity index (χ4n) is 3.16. The summed E-state index contributed by atoms with van der Waals surface area (Å²) in [5.41, 5.74) is 6.68. The van der Waals surface area contributed by atoms with E-state index in [1.807, 2.05) is 60.7 Å². The number of aromatic amines is 1. The van der Waals surface area contributed by atoms with Gasteiger partial charge in [0.15, 0.2) is 6.61 Å². The summed E-state index contributed by atoms with van der Waals surface area (Å²) in [5.74, 6) is -0.0535. The number of ether oxygens (including phenoxy) is 1. The Morgan fingerprint density at radius 2 is 1.77 bits per heavy atom. The van der Waals surface area contributed by atoms with E-state index in [1.165, 1.54) is 0 Å². The highest BCUT2D eigenvalue weighted by Gasteiger charge is 2.11. The van der Waals surface area contributed by atoms with Crippen LogP contribution in [0.2, 0.25) is 0 Å². The summed E-state index contributed by atoms with van der Waals surface area (Å²) in [6, 6.07) is 26.7. The van der Waals surface area contributed by atoms with Gasteiger partial charge >= 0.3 is 0 Å². The monoisotopic (exact) mass is 394 g/mol. The first kappa shape index (κ1) is 19.0. The molecule has 0 aliphatic rings. The number of carbonyl (C=O) groups is 1. The van der Waals surface area contributed by atoms with E-state index in [-0.39, 0.29) is 6.61 Å². The van der Waals surface area contributed by atoms with E-state index in [0.717, 1.165) is 27.7 Å². The van der Waals surface area contributed by atoms with E-state index in [0.29, 0.717) is 11.3 Å². The Morgan fingerprint density at radius 3 is 2.60 bits per heavy atom. The number of nitrogens with zero attached hydrogens (tertiary/aromatic N) is 2. The number of nitrogens with one attached hydrogen (secondary N) is 2. The van der Waals surface area contributed by atoms with E-state index in [2.05, 4.69) is 15.5 Å². The molecule has 0 radical (unpaired) electrons. The minimum absolute atomic E-state index is 0.241. The first-order chi connectivity index (χ1) is 14.8. The second-order valence-electron chi connectivity index (χ2n) is 6.52. The van der Waals surface area contributed by atoms with Crippen molar-refractivity contribution in [3.63, 3.8) is 0 Å². The molecule has 0 fully saturated rings. The van der Waals surface area contributed by atoms with Crippen LogP contribution >= 0.6 is 0 Å². The molecule has 146 valence electrons. The minimum atomic E-state index is -0.417. The molecule has 2 N–H and O–H groups in total. The van der Waals surface area contributed by atoms with Gasteiger partial charge in [0.25, 0.3) is 5.91 Å². The molecule has 0 saturated heterocycles. The number of amides is 1. The maximum Gasteiger partial charge on any atom is 0.277 e. The van der Waals surface area contributed by atoms with Crippen molar-refractivity contribution in [2.75, 3.05) is 6.61 Å². The Kier molecular flexibility index (Phi) is 5.54. The number of carbonyl (C=O) groups excluding carboxylic acids is 1. The van der Waals surface area contributed by atoms with Gasteiger partial charge in [-0.05, 0) is 23.8 Å². The van der Waals surface area contributed by atoms with Crippen LogP contribution in [-0.2, 0) is 4.79 Å². The summed E-state index contributed by atoms with van der Waals surface area (Å²) in [6.07, 6.45) is 1.63. The Hall–Kier alpha value is -4.37. The molecule has 0 saturated carbocycles. The summed E-state index contributed by atoms with van der Waals surface area (Å²) < 4.78 is 5.43. The van der Waals surface area contributed by atoms with E-state index in [1.54, 1.807) is 30.5 Å². The molecule has 0 unspecified atom stereocenters. The molecule has 4 rings (SSSR count). The molecule has 1 aromatic heterocycles. The normalized spacial score (nSPS) is 10.8. The van der Waals surface area contributed by atoms with E-state index >= 15 is 0 Å². The van der Waals surface area contributed by atoms with Gasteiger partial charge in [-0.2, -0.15) is 10.4 Å². The second-order valence-corrected chi connectivity index (χ2v) is 6.52. The number of nitriles is 1. The predicted octanol–water partition coefficient (Wildman–Crippen LogP) is 4.24. The fraction of sp³-hybridized carbons (Fsp3) is 0.0417. The number of benzene rings is 3. The third-order valence-corrected chi connectivity index (χ3v) is 4.56. The number of hydrogen-bond acceptors (Lipinski definition) is 4. The number of aromatic nitrogens is 1. The lowest BCUT2D eigenvalue weighted by Crippen LogP contribution is -2.24. The largest absolute Gasteiger partial charge is 0.482 e. The molecule has 0 bridgehead atoms. The van der Waals surface area contributed by atoms with Crippen molar-refractivity contribution >= 4 is 23.0 Å².